The zero-order valence-electron chi connectivity index (χ0n) is 5.71. The van der Waals surface area contributed by atoms with Gasteiger partial charge in [-0.25, -0.2) is 4.79 Å². The first-order valence-corrected chi connectivity index (χ1v) is 3.83. The summed E-state index contributed by atoms with van der Waals surface area (Å²) in [5.41, 5.74) is 5.40. The van der Waals surface area contributed by atoms with Gasteiger partial charge >= 0.3 is 5.97 Å². The molecule has 0 saturated heterocycles. The maximum atomic E-state index is 10.5. The number of aromatic carboxylic acids is 1. The van der Waals surface area contributed by atoms with Crippen LogP contribution in [0.5, 0.6) is 0 Å². The van der Waals surface area contributed by atoms with Crippen molar-refractivity contribution in [3.05, 3.63) is 9.26 Å². The van der Waals surface area contributed by atoms with Gasteiger partial charge in [-0.2, -0.15) is 5.10 Å². The van der Waals surface area contributed by atoms with E-state index in [0.717, 1.165) is 0 Å². The number of rotatable bonds is 1. The van der Waals surface area contributed by atoms with Gasteiger partial charge < -0.3 is 10.8 Å². The SMILES string of the molecule is Cn1nc(N)c(C(=O)O)c1I. The number of carboxylic acid groups (broad SMARTS) is 1. The van der Waals surface area contributed by atoms with E-state index in [2.05, 4.69) is 5.10 Å². The maximum absolute atomic E-state index is 10.5. The molecule has 0 atom stereocenters. The first-order chi connectivity index (χ1) is 5.04. The number of nitrogens with two attached hydrogens (primary N) is 1. The molecule has 0 aliphatic carbocycles. The van der Waals surface area contributed by atoms with Crippen molar-refractivity contribution in [3.8, 4) is 0 Å². The molecule has 11 heavy (non-hydrogen) atoms. The summed E-state index contributed by atoms with van der Waals surface area (Å²) < 4.78 is 1.96. The largest absolute Gasteiger partial charge is 0.477 e. The van der Waals surface area contributed by atoms with Crippen LogP contribution in [0.1, 0.15) is 10.4 Å². The van der Waals surface area contributed by atoms with Crippen LogP contribution in [-0.4, -0.2) is 20.9 Å². The molecule has 0 aliphatic heterocycles. The number of halogens is 1. The second-order valence-electron chi connectivity index (χ2n) is 1.98. The van der Waals surface area contributed by atoms with Crippen molar-refractivity contribution in [1.82, 2.24) is 9.78 Å². The quantitative estimate of drug-likeness (QED) is 0.717. The highest BCUT2D eigenvalue weighted by molar-refractivity contribution is 14.1. The van der Waals surface area contributed by atoms with E-state index in [1.807, 2.05) is 22.6 Å². The van der Waals surface area contributed by atoms with Gasteiger partial charge in [-0.15, -0.1) is 0 Å². The van der Waals surface area contributed by atoms with Gasteiger partial charge in [0, 0.05) is 7.05 Å². The van der Waals surface area contributed by atoms with Crippen LogP contribution in [0.3, 0.4) is 0 Å². The van der Waals surface area contributed by atoms with E-state index in [1.54, 1.807) is 7.05 Å². The van der Waals surface area contributed by atoms with Crippen LogP contribution in [0.25, 0.3) is 0 Å². The molecule has 0 spiro atoms. The van der Waals surface area contributed by atoms with Crippen LogP contribution in [0, 0.1) is 3.70 Å². The van der Waals surface area contributed by atoms with Crippen molar-refractivity contribution in [2.45, 2.75) is 0 Å². The molecule has 1 aromatic rings. The highest BCUT2D eigenvalue weighted by atomic mass is 127. The first-order valence-electron chi connectivity index (χ1n) is 2.75. The highest BCUT2D eigenvalue weighted by Crippen LogP contribution is 2.16. The standard InChI is InChI=1S/C5H6IN3O2/c1-9-3(6)2(5(10)11)4(7)8-9/h1H3,(H2,7,8)(H,10,11). The minimum atomic E-state index is -1.04. The molecular formula is C5H6IN3O2. The maximum Gasteiger partial charge on any atom is 0.342 e. The Morgan fingerprint density at radius 3 is 2.55 bits per heavy atom. The van der Waals surface area contributed by atoms with Gasteiger partial charge in [0.05, 0.1) is 0 Å². The molecule has 0 bridgehead atoms. The monoisotopic (exact) mass is 267 g/mol. The number of nitrogens with zero attached hydrogens (tertiary/aromatic N) is 2. The second kappa shape index (κ2) is 2.68. The van der Waals surface area contributed by atoms with Crippen molar-refractivity contribution in [3.63, 3.8) is 0 Å². The molecule has 5 nitrogen and oxygen atoms in total. The minimum absolute atomic E-state index is 0.0596. The van der Waals surface area contributed by atoms with Crippen molar-refractivity contribution in [1.29, 1.82) is 0 Å². The Bertz CT molecular complexity index is 307. The van der Waals surface area contributed by atoms with Gasteiger partial charge in [-0.3, -0.25) is 4.68 Å². The van der Waals surface area contributed by atoms with Gasteiger partial charge in [0.2, 0.25) is 0 Å². The summed E-state index contributed by atoms with van der Waals surface area (Å²) in [5, 5.41) is 12.4. The Labute approximate surface area is 76.3 Å². The zero-order valence-corrected chi connectivity index (χ0v) is 7.86. The number of nitrogen functional groups attached to an aromatic ring is 1. The summed E-state index contributed by atoms with van der Waals surface area (Å²) >= 11 is 1.88. The summed E-state index contributed by atoms with van der Waals surface area (Å²) in [7, 11) is 1.64. The van der Waals surface area contributed by atoms with Gasteiger partial charge in [0.25, 0.3) is 0 Å². The number of carbonyl (C=O) groups is 1. The van der Waals surface area contributed by atoms with E-state index < -0.39 is 5.97 Å². The Balaban J connectivity index is 3.34. The number of aromatic nitrogens is 2. The molecule has 1 rings (SSSR count). The molecule has 0 aromatic carbocycles. The number of hydrogen-bond donors (Lipinski definition) is 2. The van der Waals surface area contributed by atoms with Crippen LogP contribution in [-0.2, 0) is 7.05 Å². The molecule has 0 amide bonds. The minimum Gasteiger partial charge on any atom is -0.477 e. The smallest absolute Gasteiger partial charge is 0.342 e. The lowest BCUT2D eigenvalue weighted by Gasteiger charge is -1.90. The van der Waals surface area contributed by atoms with Crippen LogP contribution >= 0.6 is 22.6 Å². The summed E-state index contributed by atoms with van der Waals surface area (Å²) in [4.78, 5) is 10.5. The average molecular weight is 267 g/mol. The molecule has 1 aromatic heterocycles. The Morgan fingerprint density at radius 2 is 2.36 bits per heavy atom. The number of hydrogen-bond acceptors (Lipinski definition) is 3. The molecule has 3 N–H and O–H groups in total. The fraction of sp³-hybridized carbons (Fsp3) is 0.200. The average Bonchev–Trinajstić information content (AvgIpc) is 2.07. The fourth-order valence-corrected chi connectivity index (χ4v) is 1.34. The molecule has 0 fully saturated rings. The molecule has 0 saturated carbocycles. The predicted octanol–water partition coefficient (Wildman–Crippen LogP) is 0.305. The lowest BCUT2D eigenvalue weighted by molar-refractivity contribution is 0.0696. The predicted molar refractivity (Wildman–Crippen MR) is 47.3 cm³/mol. The molecule has 1 heterocycles. The third-order valence-corrected chi connectivity index (χ3v) is 2.46. The van der Waals surface area contributed by atoms with Gasteiger partial charge in [-0.1, -0.05) is 0 Å². The van der Waals surface area contributed by atoms with Crippen LogP contribution in [0.2, 0.25) is 0 Å². The number of carboxylic acids is 1. The van der Waals surface area contributed by atoms with Crippen LogP contribution < -0.4 is 5.73 Å². The van der Waals surface area contributed by atoms with Crippen molar-refractivity contribution in [2.75, 3.05) is 5.73 Å². The van der Waals surface area contributed by atoms with E-state index in [0.29, 0.717) is 3.70 Å². The summed E-state index contributed by atoms with van der Waals surface area (Å²) in [6, 6.07) is 0. The lowest BCUT2D eigenvalue weighted by Crippen LogP contribution is -2.01. The van der Waals surface area contributed by atoms with Crippen LogP contribution in [0.4, 0.5) is 5.82 Å². The summed E-state index contributed by atoms with van der Waals surface area (Å²) in [5.74, 6) is -0.982. The van der Waals surface area contributed by atoms with Gasteiger partial charge in [0.1, 0.15) is 9.26 Å². The van der Waals surface area contributed by atoms with E-state index in [4.69, 9.17) is 10.8 Å². The Morgan fingerprint density at radius 1 is 1.82 bits per heavy atom. The zero-order chi connectivity index (χ0) is 8.59. The number of anilines is 1. The molecule has 0 aliphatic rings. The Hall–Kier alpha value is -0.790. The van der Waals surface area contributed by atoms with Crippen LogP contribution in [0.15, 0.2) is 0 Å². The van der Waals surface area contributed by atoms with Gasteiger partial charge in [-0.05, 0) is 22.6 Å². The molecule has 0 radical (unpaired) electrons. The molecular weight excluding hydrogens is 261 g/mol. The normalized spacial score (nSPS) is 10.0. The second-order valence-corrected chi connectivity index (χ2v) is 3.00. The van der Waals surface area contributed by atoms with Crippen molar-refractivity contribution >= 4 is 34.4 Å². The lowest BCUT2D eigenvalue weighted by atomic mass is 10.3. The van der Waals surface area contributed by atoms with Crippen molar-refractivity contribution in [2.24, 2.45) is 7.05 Å². The molecule has 0 unspecified atom stereocenters. The molecule has 60 valence electrons. The topological polar surface area (TPSA) is 81.1 Å². The first kappa shape index (κ1) is 8.31. The van der Waals surface area contributed by atoms with E-state index >= 15 is 0 Å². The fourth-order valence-electron chi connectivity index (χ4n) is 0.721. The van der Waals surface area contributed by atoms with E-state index in [9.17, 15) is 4.79 Å². The summed E-state index contributed by atoms with van der Waals surface area (Å²) in [6.45, 7) is 0. The Kier molecular flexibility index (Phi) is 2.03. The molecule has 6 heteroatoms. The third-order valence-electron chi connectivity index (χ3n) is 1.22. The summed E-state index contributed by atoms with van der Waals surface area (Å²) in [6.07, 6.45) is 0. The van der Waals surface area contributed by atoms with E-state index in [1.165, 1.54) is 4.68 Å². The van der Waals surface area contributed by atoms with Crippen molar-refractivity contribution < 1.29 is 9.90 Å². The van der Waals surface area contributed by atoms with E-state index in [-0.39, 0.29) is 11.4 Å². The highest BCUT2D eigenvalue weighted by Gasteiger charge is 2.17. The third kappa shape index (κ3) is 1.30. The van der Waals surface area contributed by atoms with Gasteiger partial charge in [0.15, 0.2) is 5.82 Å². The number of aryl methyl sites for hydroxylation is 1.